The third kappa shape index (κ3) is 40.5. The van der Waals surface area contributed by atoms with Gasteiger partial charge in [-0.15, -0.1) is 0 Å². The van der Waals surface area contributed by atoms with E-state index in [1.165, 1.54) is 109 Å². The standard InChI is InChI=1S/C51H91NO7/c1-6-8-10-12-14-16-18-20-22-24-26-27-29-31-33-35-37-39-41-49(53)58-46-47(45-57-44-43-48(51(55)56)52(3,4)5)59-50(54)42-40-38-36-34-32-30-28-25-23-21-19-17-15-13-11-9-7-2/h18,20-24,26-27,47-48H,6-17,19,25,28-46H2,1-5H3/p+1/b20-18+,23-21+,24-22+,27-26+. The van der Waals surface area contributed by atoms with E-state index in [-0.39, 0.29) is 36.2 Å². The van der Waals surface area contributed by atoms with E-state index in [1.807, 2.05) is 21.1 Å². The van der Waals surface area contributed by atoms with Crippen LogP contribution in [0.4, 0.5) is 0 Å². The highest BCUT2D eigenvalue weighted by Gasteiger charge is 2.31. The lowest BCUT2D eigenvalue weighted by Crippen LogP contribution is -2.50. The van der Waals surface area contributed by atoms with Crippen molar-refractivity contribution in [2.75, 3.05) is 41.0 Å². The molecule has 0 bridgehead atoms. The highest BCUT2D eigenvalue weighted by atomic mass is 16.6. The van der Waals surface area contributed by atoms with Gasteiger partial charge in [-0.25, -0.2) is 4.79 Å². The Morgan fingerprint density at radius 1 is 0.508 bits per heavy atom. The van der Waals surface area contributed by atoms with Crippen molar-refractivity contribution in [1.82, 2.24) is 0 Å². The van der Waals surface area contributed by atoms with Crippen LogP contribution in [0.1, 0.15) is 206 Å². The van der Waals surface area contributed by atoms with Crippen LogP contribution in [0.2, 0.25) is 0 Å². The zero-order valence-electron chi connectivity index (χ0n) is 39.0. The smallest absolute Gasteiger partial charge is 0.362 e. The van der Waals surface area contributed by atoms with Gasteiger partial charge in [0.15, 0.2) is 12.1 Å². The minimum atomic E-state index is -0.879. The molecular weight excluding hydrogens is 739 g/mol. The first-order valence-corrected chi connectivity index (χ1v) is 24.2. The number of ether oxygens (including phenoxy) is 3. The summed E-state index contributed by atoms with van der Waals surface area (Å²) < 4.78 is 17.3. The Bertz CT molecular complexity index is 1110. The quantitative estimate of drug-likeness (QED) is 0.0215. The van der Waals surface area contributed by atoms with Gasteiger partial charge in [0.25, 0.3) is 0 Å². The molecule has 2 atom stereocenters. The molecular formula is C51H92NO7+. The number of carbonyl (C=O) groups is 3. The molecule has 0 spiro atoms. The first-order chi connectivity index (χ1) is 28.6. The molecule has 0 aliphatic heterocycles. The van der Waals surface area contributed by atoms with E-state index in [9.17, 15) is 19.5 Å². The number of unbranched alkanes of at least 4 members (excludes halogenated alkanes) is 23. The molecule has 342 valence electrons. The van der Waals surface area contributed by atoms with Gasteiger partial charge in [-0.05, 0) is 64.2 Å². The number of hydrogen-bond donors (Lipinski definition) is 1. The second-order valence-corrected chi connectivity index (χ2v) is 17.4. The second kappa shape index (κ2) is 42.0. The van der Waals surface area contributed by atoms with E-state index in [0.29, 0.717) is 19.3 Å². The third-order valence-electron chi connectivity index (χ3n) is 10.8. The van der Waals surface area contributed by atoms with Gasteiger partial charge in [0.05, 0.1) is 34.4 Å². The predicted octanol–water partition coefficient (Wildman–Crippen LogP) is 13.6. The van der Waals surface area contributed by atoms with E-state index < -0.39 is 18.1 Å². The predicted molar refractivity (Wildman–Crippen MR) is 248 cm³/mol. The maximum absolute atomic E-state index is 12.8. The summed E-state index contributed by atoms with van der Waals surface area (Å²) in [5.74, 6) is -1.49. The molecule has 0 aromatic rings. The largest absolute Gasteiger partial charge is 0.477 e. The minimum Gasteiger partial charge on any atom is -0.477 e. The Morgan fingerprint density at radius 2 is 0.915 bits per heavy atom. The van der Waals surface area contributed by atoms with Gasteiger partial charge in [0, 0.05) is 19.3 Å². The van der Waals surface area contributed by atoms with Gasteiger partial charge < -0.3 is 23.8 Å². The van der Waals surface area contributed by atoms with Crippen LogP contribution in [0.3, 0.4) is 0 Å². The van der Waals surface area contributed by atoms with Gasteiger partial charge in [0.1, 0.15) is 6.61 Å². The molecule has 0 amide bonds. The molecule has 0 aromatic carbocycles. The van der Waals surface area contributed by atoms with Crippen molar-refractivity contribution < 1.29 is 38.2 Å². The zero-order chi connectivity index (χ0) is 43.5. The first kappa shape index (κ1) is 56.3. The molecule has 0 saturated carbocycles. The maximum Gasteiger partial charge on any atom is 0.362 e. The second-order valence-electron chi connectivity index (χ2n) is 17.4. The highest BCUT2D eigenvalue weighted by Crippen LogP contribution is 2.14. The molecule has 0 fully saturated rings. The van der Waals surface area contributed by atoms with Crippen molar-refractivity contribution in [2.24, 2.45) is 0 Å². The fraction of sp³-hybridized carbons (Fsp3) is 0.784. The summed E-state index contributed by atoms with van der Waals surface area (Å²) in [5, 5.41) is 9.64. The van der Waals surface area contributed by atoms with Crippen molar-refractivity contribution in [1.29, 1.82) is 0 Å². The van der Waals surface area contributed by atoms with E-state index in [0.717, 1.165) is 64.2 Å². The fourth-order valence-electron chi connectivity index (χ4n) is 6.97. The highest BCUT2D eigenvalue weighted by molar-refractivity contribution is 5.72. The number of esters is 2. The molecule has 0 aliphatic carbocycles. The average Bonchev–Trinajstić information content (AvgIpc) is 3.19. The number of quaternary nitrogens is 1. The first-order valence-electron chi connectivity index (χ1n) is 24.2. The summed E-state index contributed by atoms with van der Waals surface area (Å²) >= 11 is 0. The van der Waals surface area contributed by atoms with Crippen molar-refractivity contribution in [3.05, 3.63) is 48.6 Å². The van der Waals surface area contributed by atoms with Crippen LogP contribution in [0, 0.1) is 0 Å². The van der Waals surface area contributed by atoms with Gasteiger partial charge in [-0.2, -0.15) is 0 Å². The SMILES string of the molecule is CCCCCCC/C=C/C=C/C=C/CCCCCCCC(=O)OCC(COCCC(C(=O)O)[N+](C)(C)C)OC(=O)CCCCCCCCC/C=C/CCCCCCCC. The van der Waals surface area contributed by atoms with E-state index in [1.54, 1.807) is 0 Å². The van der Waals surface area contributed by atoms with Crippen molar-refractivity contribution >= 4 is 17.9 Å². The van der Waals surface area contributed by atoms with Crippen LogP contribution in [-0.4, -0.2) is 80.6 Å². The summed E-state index contributed by atoms with van der Waals surface area (Å²) in [6, 6.07) is -0.619. The van der Waals surface area contributed by atoms with Crippen LogP contribution in [0.25, 0.3) is 0 Å². The number of hydrogen-bond acceptors (Lipinski definition) is 6. The molecule has 0 radical (unpaired) electrons. The van der Waals surface area contributed by atoms with Gasteiger partial charge in [0.2, 0.25) is 0 Å². The lowest BCUT2D eigenvalue weighted by Gasteiger charge is -2.31. The summed E-state index contributed by atoms with van der Waals surface area (Å²) in [4.78, 5) is 37.1. The molecule has 0 heterocycles. The molecule has 0 rings (SSSR count). The third-order valence-corrected chi connectivity index (χ3v) is 10.8. The molecule has 0 aliphatic rings. The van der Waals surface area contributed by atoms with Crippen molar-refractivity contribution in [3.63, 3.8) is 0 Å². The van der Waals surface area contributed by atoms with Crippen LogP contribution in [-0.2, 0) is 28.6 Å². The van der Waals surface area contributed by atoms with E-state index in [4.69, 9.17) is 14.2 Å². The summed E-state index contributed by atoms with van der Waals surface area (Å²) in [6.45, 7) is 4.70. The molecule has 2 unspecified atom stereocenters. The maximum atomic E-state index is 12.8. The summed E-state index contributed by atoms with van der Waals surface area (Å²) in [6.07, 6.45) is 50.0. The number of nitrogens with zero attached hydrogens (tertiary/aromatic N) is 1. The molecule has 8 nitrogen and oxygen atoms in total. The topological polar surface area (TPSA) is 99.1 Å². The lowest BCUT2D eigenvalue weighted by atomic mass is 10.1. The molecule has 0 aromatic heterocycles. The number of allylic oxidation sites excluding steroid dienone is 8. The molecule has 8 heteroatoms. The number of carbonyl (C=O) groups excluding carboxylic acids is 2. The monoisotopic (exact) mass is 831 g/mol. The Kier molecular flexibility index (Phi) is 40.1. The Morgan fingerprint density at radius 3 is 1.36 bits per heavy atom. The molecule has 59 heavy (non-hydrogen) atoms. The number of carboxylic acid groups (broad SMARTS) is 1. The number of rotatable bonds is 43. The van der Waals surface area contributed by atoms with Crippen LogP contribution >= 0.6 is 0 Å². The Hall–Kier alpha value is -2.71. The Balaban J connectivity index is 4.34. The minimum absolute atomic E-state index is 0.0524. The van der Waals surface area contributed by atoms with Crippen LogP contribution in [0.15, 0.2) is 48.6 Å². The van der Waals surface area contributed by atoms with Crippen LogP contribution < -0.4 is 0 Å². The molecule has 1 N–H and O–H groups in total. The van der Waals surface area contributed by atoms with E-state index in [2.05, 4.69) is 62.5 Å². The molecule has 0 saturated heterocycles. The van der Waals surface area contributed by atoms with Gasteiger partial charge >= 0.3 is 17.9 Å². The van der Waals surface area contributed by atoms with Crippen LogP contribution in [0.5, 0.6) is 0 Å². The number of aliphatic carboxylic acids is 1. The Labute approximate surface area is 363 Å². The van der Waals surface area contributed by atoms with Gasteiger partial charge in [-0.3, -0.25) is 9.59 Å². The van der Waals surface area contributed by atoms with E-state index >= 15 is 0 Å². The van der Waals surface area contributed by atoms with Gasteiger partial charge in [-0.1, -0.05) is 172 Å². The fourth-order valence-corrected chi connectivity index (χ4v) is 6.97. The average molecular weight is 831 g/mol. The number of carboxylic acids is 1. The summed E-state index contributed by atoms with van der Waals surface area (Å²) in [5.41, 5.74) is 0. The normalized spacial score (nSPS) is 13.3. The van der Waals surface area contributed by atoms with Crippen molar-refractivity contribution in [3.8, 4) is 0 Å². The zero-order valence-corrected chi connectivity index (χ0v) is 39.0. The van der Waals surface area contributed by atoms with Crippen molar-refractivity contribution in [2.45, 2.75) is 219 Å². The summed E-state index contributed by atoms with van der Waals surface area (Å²) in [7, 11) is 5.52. The number of likely N-dealkylation sites (N-methyl/N-ethyl adjacent to an activating group) is 1. The lowest BCUT2D eigenvalue weighted by molar-refractivity contribution is -0.887.